The van der Waals surface area contributed by atoms with E-state index in [1.807, 2.05) is 60.7 Å². The van der Waals surface area contributed by atoms with E-state index in [4.69, 9.17) is 0 Å². The van der Waals surface area contributed by atoms with Crippen molar-refractivity contribution in [3.63, 3.8) is 0 Å². The molecule has 0 spiro atoms. The van der Waals surface area contributed by atoms with E-state index in [1.54, 1.807) is 0 Å². The lowest BCUT2D eigenvalue weighted by atomic mass is 9.67. The molecule has 1 aliphatic rings. The van der Waals surface area contributed by atoms with E-state index < -0.39 is 12.6 Å². The number of para-hydroxylation sites is 2. The minimum absolute atomic E-state index is 0.670. The first-order valence-corrected chi connectivity index (χ1v) is 19.5. The van der Waals surface area contributed by atoms with Gasteiger partial charge in [0.15, 0.2) is 7.14 Å². The van der Waals surface area contributed by atoms with Crippen LogP contribution in [-0.2, 0) is 9.98 Å². The molecule has 246 valence electrons. The summed E-state index contributed by atoms with van der Waals surface area (Å²) in [6, 6.07) is 72.6. The van der Waals surface area contributed by atoms with E-state index in [0.717, 1.165) is 32.7 Å². The Morgan fingerprint density at radius 1 is 0.385 bits per heavy atom. The molecule has 1 aromatic heterocycles. The molecule has 0 radical (unpaired) electrons. The Morgan fingerprint density at radius 2 is 0.808 bits per heavy atom. The van der Waals surface area contributed by atoms with Gasteiger partial charge in [-0.2, -0.15) is 0 Å². The van der Waals surface area contributed by atoms with E-state index in [2.05, 4.69) is 150 Å². The summed E-state index contributed by atoms with van der Waals surface area (Å²) in [5.41, 5.74) is 9.85. The average molecular weight is 684 g/mol. The molecule has 9 aromatic rings. The monoisotopic (exact) mass is 683 g/mol. The van der Waals surface area contributed by atoms with E-state index >= 15 is 4.57 Å². The number of hydrogen-bond donors (Lipinski definition) is 0. The van der Waals surface area contributed by atoms with Gasteiger partial charge in [0.25, 0.3) is 0 Å². The van der Waals surface area contributed by atoms with Gasteiger partial charge < -0.3 is 9.13 Å². The van der Waals surface area contributed by atoms with Gasteiger partial charge in [0.1, 0.15) is 0 Å². The predicted molar refractivity (Wildman–Crippen MR) is 217 cm³/mol. The first-order chi connectivity index (χ1) is 25.7. The number of hydrogen-bond acceptors (Lipinski definition) is 1. The van der Waals surface area contributed by atoms with E-state index in [9.17, 15) is 0 Å². The van der Waals surface area contributed by atoms with Crippen molar-refractivity contribution in [3.8, 4) is 16.8 Å². The summed E-state index contributed by atoms with van der Waals surface area (Å²) in [6.45, 7) is 0. The summed E-state index contributed by atoms with van der Waals surface area (Å²) >= 11 is 0. The first-order valence-electron chi connectivity index (χ1n) is 17.8. The summed E-state index contributed by atoms with van der Waals surface area (Å²) in [7, 11) is -3.25. The van der Waals surface area contributed by atoms with Crippen LogP contribution in [0.5, 0.6) is 0 Å². The second-order valence-electron chi connectivity index (χ2n) is 13.6. The van der Waals surface area contributed by atoms with Crippen molar-refractivity contribution in [2.24, 2.45) is 0 Å². The Hall–Kier alpha value is -6.21. The molecule has 10 rings (SSSR count). The van der Waals surface area contributed by atoms with Crippen LogP contribution in [-0.4, -0.2) is 4.57 Å². The van der Waals surface area contributed by atoms with Crippen molar-refractivity contribution in [3.05, 3.63) is 229 Å². The van der Waals surface area contributed by atoms with Gasteiger partial charge in [-0.05, 0) is 63.7 Å². The Bertz CT molecular complexity index is 2670. The lowest BCUT2D eigenvalue weighted by Crippen LogP contribution is -2.31. The third-order valence-electron chi connectivity index (χ3n) is 11.0. The zero-order valence-electron chi connectivity index (χ0n) is 28.4. The zero-order valence-corrected chi connectivity index (χ0v) is 29.3. The normalized spacial score (nSPS) is 13.2. The second-order valence-corrected chi connectivity index (χ2v) is 16.4. The third-order valence-corrected chi connectivity index (χ3v) is 14.0. The van der Waals surface area contributed by atoms with Gasteiger partial charge in [-0.25, -0.2) is 0 Å². The Balaban J connectivity index is 1.30. The number of rotatable bonds is 6. The fourth-order valence-electron chi connectivity index (χ4n) is 8.72. The summed E-state index contributed by atoms with van der Waals surface area (Å²) in [5.74, 6) is 0. The third kappa shape index (κ3) is 4.35. The SMILES string of the molecule is O=P(c1ccccc1)(c1ccccc1)c1ccc2c(c1)C(c1ccccc1)(c1ccccc1)c1cc(-n3c4ccccc4c4ccccc43)ccc1-2. The number of fused-ring (bicyclic) bond motifs is 6. The number of benzene rings is 8. The fraction of sp³-hybridized carbons (Fsp3) is 0.0204. The smallest absolute Gasteiger partial charge is 0.171 e. The van der Waals surface area contributed by atoms with Crippen molar-refractivity contribution in [1.29, 1.82) is 0 Å². The van der Waals surface area contributed by atoms with Gasteiger partial charge in [-0.3, -0.25) is 0 Å². The molecular weight excluding hydrogens is 650 g/mol. The quantitative estimate of drug-likeness (QED) is 0.160. The van der Waals surface area contributed by atoms with Crippen molar-refractivity contribution < 1.29 is 4.57 Å². The molecule has 0 N–H and O–H groups in total. The van der Waals surface area contributed by atoms with E-state index in [0.29, 0.717) is 0 Å². The van der Waals surface area contributed by atoms with Gasteiger partial charge in [-0.15, -0.1) is 0 Å². The van der Waals surface area contributed by atoms with Gasteiger partial charge >= 0.3 is 0 Å². The topological polar surface area (TPSA) is 22.0 Å². The molecule has 0 unspecified atom stereocenters. The second kappa shape index (κ2) is 11.9. The van der Waals surface area contributed by atoms with Crippen LogP contribution >= 0.6 is 7.14 Å². The van der Waals surface area contributed by atoms with Gasteiger partial charge in [0.05, 0.1) is 16.4 Å². The van der Waals surface area contributed by atoms with E-state index in [-0.39, 0.29) is 0 Å². The van der Waals surface area contributed by atoms with E-state index in [1.165, 1.54) is 44.1 Å². The summed E-state index contributed by atoms with van der Waals surface area (Å²) in [4.78, 5) is 0. The molecule has 3 heteroatoms. The molecule has 0 fully saturated rings. The highest BCUT2D eigenvalue weighted by atomic mass is 31.2. The Kier molecular flexibility index (Phi) is 7.03. The van der Waals surface area contributed by atoms with Crippen molar-refractivity contribution in [2.45, 2.75) is 5.41 Å². The van der Waals surface area contributed by atoms with Crippen LogP contribution in [0, 0.1) is 0 Å². The molecule has 0 atom stereocenters. The molecule has 0 saturated heterocycles. The molecular formula is C49H34NOP. The highest BCUT2D eigenvalue weighted by molar-refractivity contribution is 7.85. The van der Waals surface area contributed by atoms with Crippen molar-refractivity contribution in [1.82, 2.24) is 4.57 Å². The predicted octanol–water partition coefficient (Wildman–Crippen LogP) is 10.8. The van der Waals surface area contributed by atoms with Crippen LogP contribution in [0.4, 0.5) is 0 Å². The molecule has 0 bridgehead atoms. The molecule has 0 aliphatic heterocycles. The largest absolute Gasteiger partial charge is 0.309 e. The summed E-state index contributed by atoms with van der Waals surface area (Å²) < 4.78 is 18.2. The maximum absolute atomic E-state index is 15.8. The summed E-state index contributed by atoms with van der Waals surface area (Å²) in [6.07, 6.45) is 0. The fourth-order valence-corrected chi connectivity index (χ4v) is 11.4. The van der Waals surface area contributed by atoms with Crippen molar-refractivity contribution >= 4 is 44.9 Å². The lowest BCUT2D eigenvalue weighted by molar-refractivity contribution is 0.592. The molecule has 52 heavy (non-hydrogen) atoms. The van der Waals surface area contributed by atoms with Crippen LogP contribution in [0.3, 0.4) is 0 Å². The van der Waals surface area contributed by atoms with Crippen LogP contribution in [0.1, 0.15) is 22.3 Å². The summed E-state index contributed by atoms with van der Waals surface area (Å²) in [5, 5.41) is 4.96. The zero-order chi connectivity index (χ0) is 34.7. The molecule has 8 aromatic carbocycles. The highest BCUT2D eigenvalue weighted by Gasteiger charge is 2.47. The Labute approximate surface area is 303 Å². The standard InChI is InChI=1S/C49H34NOP/c51-52(38-21-9-3-10-22-38,39-23-11-4-12-24-39)40-30-32-42-41-31-29-37(50-47-27-15-13-25-43(47)44-26-14-16-28-48(44)50)33-45(41)49(46(42)34-40,35-17-5-1-6-18-35)36-19-7-2-8-20-36/h1-34H. The minimum atomic E-state index is -3.25. The van der Waals surface area contributed by atoms with Gasteiger partial charge in [-0.1, -0.05) is 176 Å². The van der Waals surface area contributed by atoms with Crippen LogP contribution in [0.15, 0.2) is 206 Å². The molecule has 1 aliphatic carbocycles. The molecule has 0 saturated carbocycles. The van der Waals surface area contributed by atoms with Crippen molar-refractivity contribution in [2.75, 3.05) is 0 Å². The van der Waals surface area contributed by atoms with Gasteiger partial charge in [0.2, 0.25) is 0 Å². The number of aromatic nitrogens is 1. The highest BCUT2D eigenvalue weighted by Crippen LogP contribution is 2.57. The lowest BCUT2D eigenvalue weighted by Gasteiger charge is -2.34. The maximum atomic E-state index is 15.8. The molecule has 2 nitrogen and oxygen atoms in total. The minimum Gasteiger partial charge on any atom is -0.309 e. The molecule has 0 amide bonds. The molecule has 1 heterocycles. The van der Waals surface area contributed by atoms with Crippen LogP contribution in [0.2, 0.25) is 0 Å². The van der Waals surface area contributed by atoms with Gasteiger partial charge in [0, 0.05) is 32.4 Å². The van der Waals surface area contributed by atoms with Crippen LogP contribution < -0.4 is 15.9 Å². The average Bonchev–Trinajstić information content (AvgIpc) is 3.72. The van der Waals surface area contributed by atoms with Crippen LogP contribution in [0.25, 0.3) is 38.6 Å². The first kappa shape index (κ1) is 30.6. The number of nitrogens with zero attached hydrogens (tertiary/aromatic N) is 1. The maximum Gasteiger partial charge on any atom is 0.171 e. The Morgan fingerprint density at radius 3 is 1.33 bits per heavy atom.